The summed E-state index contributed by atoms with van der Waals surface area (Å²) in [5, 5.41) is 14.5. The third kappa shape index (κ3) is 22.8. The van der Waals surface area contributed by atoms with E-state index in [9.17, 15) is 29.1 Å². The Morgan fingerprint density at radius 1 is 0.942 bits per heavy atom. The van der Waals surface area contributed by atoms with E-state index in [1.54, 1.807) is 31.2 Å². The maximum atomic E-state index is 12.0. The molecule has 0 spiro atoms. The summed E-state index contributed by atoms with van der Waals surface area (Å²) in [5.74, 6) is 4.82. The van der Waals surface area contributed by atoms with Crippen LogP contribution in [0.1, 0.15) is 115 Å². The van der Waals surface area contributed by atoms with E-state index in [4.69, 9.17) is 9.15 Å². The molecule has 1 aromatic carbocycles. The van der Waals surface area contributed by atoms with Crippen molar-refractivity contribution in [3.05, 3.63) is 66.1 Å². The van der Waals surface area contributed by atoms with Gasteiger partial charge in [-0.2, -0.15) is 0 Å². The minimum absolute atomic E-state index is 0.0486. The van der Waals surface area contributed by atoms with E-state index in [-0.39, 0.29) is 18.9 Å². The topological polar surface area (TPSA) is 161 Å². The average Bonchev–Trinajstić information content (AvgIpc) is 3.67. The second-order valence-electron chi connectivity index (χ2n) is 12.4. The first-order chi connectivity index (χ1) is 25.2. The highest BCUT2D eigenvalue weighted by Gasteiger charge is 2.20. The van der Waals surface area contributed by atoms with Crippen molar-refractivity contribution in [2.75, 3.05) is 13.7 Å². The number of aliphatic carboxylic acids is 1. The molecule has 2 rings (SSSR count). The molecule has 0 aliphatic rings. The second kappa shape index (κ2) is 29.8. The molecule has 11 heteroatoms. The van der Waals surface area contributed by atoms with Crippen LogP contribution in [-0.4, -0.2) is 54.9 Å². The second-order valence-corrected chi connectivity index (χ2v) is 12.4. The Morgan fingerprint density at radius 2 is 1.63 bits per heavy atom. The van der Waals surface area contributed by atoms with Gasteiger partial charge in [-0.05, 0) is 68.9 Å². The summed E-state index contributed by atoms with van der Waals surface area (Å²) in [5.41, 5.74) is 0.892. The number of Topliss-reactive ketones (excluding diaryl/α,β-unsaturated/α-hetero) is 1. The number of nitrogens with one attached hydrogen (secondary N) is 2. The summed E-state index contributed by atoms with van der Waals surface area (Å²) in [6.07, 6.45) is 18.9. The van der Waals surface area contributed by atoms with E-state index in [0.717, 1.165) is 50.5 Å². The molecule has 11 nitrogen and oxygen atoms in total. The van der Waals surface area contributed by atoms with Gasteiger partial charge in [-0.3, -0.25) is 19.2 Å². The van der Waals surface area contributed by atoms with E-state index >= 15 is 0 Å². The van der Waals surface area contributed by atoms with Gasteiger partial charge in [-0.15, -0.1) is 5.92 Å². The zero-order valence-electron chi connectivity index (χ0n) is 31.2. The number of unbranched alkanes of at least 4 members (excludes halogenated alkanes) is 8. The molecular weight excluding hydrogens is 664 g/mol. The van der Waals surface area contributed by atoms with Crippen molar-refractivity contribution in [3.8, 4) is 17.6 Å². The van der Waals surface area contributed by atoms with Gasteiger partial charge in [0.05, 0.1) is 25.8 Å². The summed E-state index contributed by atoms with van der Waals surface area (Å²) in [6, 6.07) is 10.1. The first-order valence-electron chi connectivity index (χ1n) is 18.3. The van der Waals surface area contributed by atoms with Crippen molar-refractivity contribution in [1.29, 1.82) is 0 Å². The minimum atomic E-state index is -0.960. The number of hydrogen-bond acceptors (Lipinski definition) is 8. The highest BCUT2D eigenvalue weighted by molar-refractivity contribution is 5.82. The average molecular weight is 723 g/mol. The number of rotatable bonds is 27. The molecular formula is C41H58N2O9. The summed E-state index contributed by atoms with van der Waals surface area (Å²) < 4.78 is 15.2. The van der Waals surface area contributed by atoms with Crippen LogP contribution in [0.5, 0.6) is 5.75 Å². The van der Waals surface area contributed by atoms with Crippen LogP contribution in [0.25, 0.3) is 0 Å². The predicted octanol–water partition coefficient (Wildman–Crippen LogP) is 7.12. The third-order valence-electron chi connectivity index (χ3n) is 8.15. The van der Waals surface area contributed by atoms with Crippen molar-refractivity contribution < 1.29 is 43.0 Å². The van der Waals surface area contributed by atoms with Gasteiger partial charge in [-0.25, -0.2) is 4.79 Å². The Bertz CT molecular complexity index is 1380. The molecule has 0 fully saturated rings. The van der Waals surface area contributed by atoms with Crippen LogP contribution in [0.15, 0.2) is 59.2 Å². The SMILES string of the molecule is CC#CCOc1ccc(C[C@H](NC=O)C(=O)OC)cc1.CCCCCCCC(=O)CCCCCC/C=C/C[C@@H](CC(=O)NCc1ccco1)C(=O)O. The monoisotopic (exact) mass is 722 g/mol. The van der Waals surface area contributed by atoms with Crippen molar-refractivity contribution in [2.24, 2.45) is 5.92 Å². The molecule has 1 aromatic heterocycles. The number of furan rings is 1. The van der Waals surface area contributed by atoms with Crippen molar-refractivity contribution in [2.45, 2.75) is 123 Å². The van der Waals surface area contributed by atoms with Crippen LogP contribution in [0.4, 0.5) is 0 Å². The van der Waals surface area contributed by atoms with Gasteiger partial charge in [0.25, 0.3) is 0 Å². The fourth-order valence-corrected chi connectivity index (χ4v) is 5.12. The summed E-state index contributed by atoms with van der Waals surface area (Å²) >= 11 is 0. The highest BCUT2D eigenvalue weighted by Crippen LogP contribution is 2.15. The van der Waals surface area contributed by atoms with Gasteiger partial charge in [0.15, 0.2) is 0 Å². The van der Waals surface area contributed by atoms with Crippen LogP contribution in [0.3, 0.4) is 0 Å². The molecule has 52 heavy (non-hydrogen) atoms. The summed E-state index contributed by atoms with van der Waals surface area (Å²) in [7, 11) is 1.29. The highest BCUT2D eigenvalue weighted by atomic mass is 16.5. The molecule has 2 atom stereocenters. The Morgan fingerprint density at radius 3 is 2.23 bits per heavy atom. The maximum Gasteiger partial charge on any atom is 0.328 e. The van der Waals surface area contributed by atoms with Crippen LogP contribution in [0, 0.1) is 17.8 Å². The summed E-state index contributed by atoms with van der Waals surface area (Å²) in [4.78, 5) is 57.2. The molecule has 0 aliphatic carbocycles. The number of carbonyl (C=O) groups excluding carboxylic acids is 4. The van der Waals surface area contributed by atoms with E-state index in [1.807, 2.05) is 24.3 Å². The van der Waals surface area contributed by atoms with Gasteiger partial charge in [0.2, 0.25) is 12.3 Å². The van der Waals surface area contributed by atoms with Gasteiger partial charge in [0.1, 0.15) is 29.9 Å². The van der Waals surface area contributed by atoms with Crippen molar-refractivity contribution >= 4 is 30.0 Å². The van der Waals surface area contributed by atoms with Crippen LogP contribution < -0.4 is 15.4 Å². The molecule has 0 saturated carbocycles. The predicted molar refractivity (Wildman–Crippen MR) is 200 cm³/mol. The molecule has 0 aliphatic heterocycles. The van der Waals surface area contributed by atoms with Gasteiger partial charge < -0.3 is 29.6 Å². The minimum Gasteiger partial charge on any atom is -0.481 e. The van der Waals surface area contributed by atoms with E-state index in [2.05, 4.69) is 34.1 Å². The third-order valence-corrected chi connectivity index (χ3v) is 8.15. The number of carbonyl (C=O) groups is 5. The van der Waals surface area contributed by atoms with Gasteiger partial charge >= 0.3 is 11.9 Å². The molecule has 0 radical (unpaired) electrons. The Hall–Kier alpha value is -4.85. The number of esters is 1. The molecule has 2 aromatic rings. The van der Waals surface area contributed by atoms with E-state index in [0.29, 0.717) is 49.6 Å². The molecule has 286 valence electrons. The zero-order chi connectivity index (χ0) is 38.2. The molecule has 0 saturated heterocycles. The number of hydrogen-bond donors (Lipinski definition) is 3. The number of amides is 2. The zero-order valence-corrected chi connectivity index (χ0v) is 31.2. The Kier molecular flexibility index (Phi) is 25.9. The summed E-state index contributed by atoms with van der Waals surface area (Å²) in [6.45, 7) is 4.55. The van der Waals surface area contributed by atoms with E-state index < -0.39 is 23.9 Å². The number of ether oxygens (including phenoxy) is 2. The lowest BCUT2D eigenvalue weighted by molar-refractivity contribution is -0.144. The van der Waals surface area contributed by atoms with Gasteiger partial charge in [-0.1, -0.05) is 75.7 Å². The molecule has 2 amide bonds. The Balaban J connectivity index is 0.000000578. The lowest BCUT2D eigenvalue weighted by Gasteiger charge is -2.13. The lowest BCUT2D eigenvalue weighted by atomic mass is 10.00. The molecule has 0 unspecified atom stereocenters. The van der Waals surface area contributed by atoms with Crippen molar-refractivity contribution in [3.63, 3.8) is 0 Å². The van der Waals surface area contributed by atoms with Crippen molar-refractivity contribution in [1.82, 2.24) is 10.6 Å². The van der Waals surface area contributed by atoms with Crippen LogP contribution in [-0.2, 0) is 41.7 Å². The van der Waals surface area contributed by atoms with Gasteiger partial charge in [0, 0.05) is 25.7 Å². The maximum absolute atomic E-state index is 12.0. The van der Waals surface area contributed by atoms with Crippen LogP contribution >= 0.6 is 0 Å². The van der Waals surface area contributed by atoms with Crippen LogP contribution in [0.2, 0.25) is 0 Å². The molecule has 0 bridgehead atoms. The number of allylic oxidation sites excluding steroid dienone is 2. The number of carboxylic acids is 1. The first-order valence-corrected chi connectivity index (χ1v) is 18.3. The quantitative estimate of drug-likeness (QED) is 0.0287. The molecule has 1 heterocycles. The smallest absolute Gasteiger partial charge is 0.328 e. The lowest BCUT2D eigenvalue weighted by Crippen LogP contribution is -2.38. The number of carboxylic acid groups (broad SMARTS) is 1. The fourth-order valence-electron chi connectivity index (χ4n) is 5.12. The molecule has 3 N–H and O–H groups in total. The standard InChI is InChI=1S/C26H41NO5.C15H17NO4/c1-2-3-4-8-12-16-23(28)17-13-10-7-5-6-9-11-15-22(26(30)31)20-25(29)27-21-24-18-14-19-32-24;1-3-4-9-20-13-7-5-12(6-8-13)10-14(16-11-17)15(18)19-2/h9,11,14,18-19,22H,2-8,10,12-13,15-17,20-21H2,1H3,(H,27,29)(H,30,31);5-8,11,14H,9-10H2,1-2H3,(H,16,17)/b11-9+;/t22-;14-/m00/s1. The normalized spacial score (nSPS) is 11.6. The fraction of sp³-hybridized carbons (Fsp3) is 0.537. The first kappa shape index (κ1) is 45.2. The number of ketones is 1. The largest absolute Gasteiger partial charge is 0.481 e. The Labute approximate surface area is 309 Å². The van der Waals surface area contributed by atoms with E-state index in [1.165, 1.54) is 39.1 Å². The number of methoxy groups -OCH3 is 1. The number of benzene rings is 1.